The first kappa shape index (κ1) is 15.5. The van der Waals surface area contributed by atoms with Gasteiger partial charge in [0, 0.05) is 30.7 Å². The Kier molecular flexibility index (Phi) is 6.12. The maximum atomic E-state index is 5.82. The number of benzene rings is 1. The number of likely N-dealkylation sites (N-methyl/N-ethyl adjacent to an activating group) is 2. The molecule has 0 bridgehead atoms. The van der Waals surface area contributed by atoms with Crippen molar-refractivity contribution in [1.29, 1.82) is 0 Å². The van der Waals surface area contributed by atoms with E-state index < -0.39 is 0 Å². The highest BCUT2D eigenvalue weighted by Gasteiger charge is 2.07. The monoisotopic (exact) mass is 313 g/mol. The Labute approximate surface area is 119 Å². The van der Waals surface area contributed by atoms with E-state index in [-0.39, 0.29) is 6.04 Å². The van der Waals surface area contributed by atoms with Crippen molar-refractivity contribution in [3.63, 3.8) is 0 Å². The molecule has 0 spiro atoms. The highest BCUT2D eigenvalue weighted by Crippen LogP contribution is 2.26. The van der Waals surface area contributed by atoms with Gasteiger partial charge in [-0.25, -0.2) is 0 Å². The summed E-state index contributed by atoms with van der Waals surface area (Å²) in [7, 11) is 6.30. The maximum absolute atomic E-state index is 5.82. The van der Waals surface area contributed by atoms with Crippen molar-refractivity contribution in [2.45, 2.75) is 19.4 Å². The molecule has 0 aliphatic heterocycles. The van der Waals surface area contributed by atoms with Gasteiger partial charge in [0.2, 0.25) is 0 Å². The molecular formula is C14H24BrN3. The molecule has 1 aromatic rings. The van der Waals surface area contributed by atoms with Crippen molar-refractivity contribution < 1.29 is 0 Å². The topological polar surface area (TPSA) is 32.5 Å². The smallest absolute Gasteiger partial charge is 0.0508 e. The quantitative estimate of drug-likeness (QED) is 0.875. The summed E-state index contributed by atoms with van der Waals surface area (Å²) in [5.41, 5.74) is 8.33. The minimum absolute atomic E-state index is 0.203. The highest BCUT2D eigenvalue weighted by molar-refractivity contribution is 9.10. The standard InChI is InChI=1S/C14H24BrN3/c1-11(16)9-12-5-6-14(13(15)10-12)18(4)8-7-17(2)3/h5-6,10-11H,7-9,16H2,1-4H3. The zero-order chi connectivity index (χ0) is 13.7. The summed E-state index contributed by atoms with van der Waals surface area (Å²) in [5.74, 6) is 0. The van der Waals surface area contributed by atoms with Crippen LogP contribution in [-0.4, -0.2) is 45.2 Å². The first-order valence-corrected chi connectivity index (χ1v) is 7.09. The largest absolute Gasteiger partial charge is 0.372 e. The molecule has 1 rings (SSSR count). The Morgan fingerprint density at radius 1 is 1.22 bits per heavy atom. The van der Waals surface area contributed by atoms with E-state index in [0.29, 0.717) is 0 Å². The van der Waals surface area contributed by atoms with E-state index in [4.69, 9.17) is 5.73 Å². The summed E-state index contributed by atoms with van der Waals surface area (Å²) < 4.78 is 1.14. The van der Waals surface area contributed by atoms with Crippen molar-refractivity contribution >= 4 is 21.6 Å². The fourth-order valence-corrected chi connectivity index (χ4v) is 2.56. The van der Waals surface area contributed by atoms with E-state index in [0.717, 1.165) is 24.0 Å². The van der Waals surface area contributed by atoms with E-state index in [2.05, 4.69) is 65.1 Å². The zero-order valence-electron chi connectivity index (χ0n) is 11.8. The van der Waals surface area contributed by atoms with E-state index >= 15 is 0 Å². The van der Waals surface area contributed by atoms with E-state index in [9.17, 15) is 0 Å². The molecule has 0 aliphatic carbocycles. The SMILES string of the molecule is CC(N)Cc1ccc(N(C)CCN(C)C)c(Br)c1. The van der Waals surface area contributed by atoms with Gasteiger partial charge in [-0.1, -0.05) is 6.07 Å². The third-order valence-electron chi connectivity index (χ3n) is 2.86. The van der Waals surface area contributed by atoms with Crippen LogP contribution in [0.3, 0.4) is 0 Å². The first-order valence-electron chi connectivity index (χ1n) is 6.30. The van der Waals surface area contributed by atoms with Gasteiger partial charge in [-0.05, 0) is 61.1 Å². The predicted molar refractivity (Wildman–Crippen MR) is 83.3 cm³/mol. The van der Waals surface area contributed by atoms with Crippen LogP contribution < -0.4 is 10.6 Å². The van der Waals surface area contributed by atoms with E-state index in [1.54, 1.807) is 0 Å². The molecule has 0 saturated carbocycles. The van der Waals surface area contributed by atoms with Crippen molar-refractivity contribution in [3.05, 3.63) is 28.2 Å². The fraction of sp³-hybridized carbons (Fsp3) is 0.571. The molecule has 0 heterocycles. The molecule has 0 amide bonds. The second kappa shape index (κ2) is 7.12. The lowest BCUT2D eigenvalue weighted by atomic mass is 10.1. The number of hydrogen-bond acceptors (Lipinski definition) is 3. The number of nitrogens with zero attached hydrogens (tertiary/aromatic N) is 2. The van der Waals surface area contributed by atoms with Gasteiger partial charge >= 0.3 is 0 Å². The van der Waals surface area contributed by atoms with Gasteiger partial charge in [0.15, 0.2) is 0 Å². The molecule has 1 aromatic carbocycles. The van der Waals surface area contributed by atoms with Crippen molar-refractivity contribution in [1.82, 2.24) is 4.90 Å². The minimum atomic E-state index is 0.203. The van der Waals surface area contributed by atoms with E-state index in [1.165, 1.54) is 11.3 Å². The van der Waals surface area contributed by atoms with E-state index in [1.807, 2.05) is 6.92 Å². The molecule has 2 N–H and O–H groups in total. The van der Waals surface area contributed by atoms with Gasteiger partial charge in [0.05, 0.1) is 5.69 Å². The number of rotatable bonds is 6. The summed E-state index contributed by atoms with van der Waals surface area (Å²) >= 11 is 3.65. The predicted octanol–water partition coefficient (Wildman–Crippen LogP) is 2.34. The number of nitrogens with two attached hydrogens (primary N) is 1. The second-order valence-electron chi connectivity index (χ2n) is 5.19. The summed E-state index contributed by atoms with van der Waals surface area (Å²) in [6.45, 7) is 4.09. The van der Waals surface area contributed by atoms with Crippen LogP contribution in [0.15, 0.2) is 22.7 Å². The number of halogens is 1. The Bertz CT molecular complexity index is 377. The molecule has 102 valence electrons. The Hall–Kier alpha value is -0.580. The molecule has 18 heavy (non-hydrogen) atoms. The Balaban J connectivity index is 2.72. The highest BCUT2D eigenvalue weighted by atomic mass is 79.9. The molecular weight excluding hydrogens is 290 g/mol. The van der Waals surface area contributed by atoms with Crippen LogP contribution in [0.5, 0.6) is 0 Å². The normalized spacial score (nSPS) is 12.8. The van der Waals surface area contributed by atoms with Crippen molar-refractivity contribution in [2.75, 3.05) is 39.1 Å². The lowest BCUT2D eigenvalue weighted by molar-refractivity contribution is 0.416. The van der Waals surface area contributed by atoms with Gasteiger partial charge in [0.1, 0.15) is 0 Å². The Morgan fingerprint density at radius 3 is 2.39 bits per heavy atom. The average Bonchev–Trinajstić information content (AvgIpc) is 2.25. The third kappa shape index (κ3) is 4.96. The molecule has 0 aromatic heterocycles. The summed E-state index contributed by atoms with van der Waals surface area (Å²) in [6, 6.07) is 6.70. The summed E-state index contributed by atoms with van der Waals surface area (Å²) in [4.78, 5) is 4.45. The van der Waals surface area contributed by atoms with Crippen LogP contribution in [-0.2, 0) is 6.42 Å². The molecule has 1 unspecified atom stereocenters. The second-order valence-corrected chi connectivity index (χ2v) is 6.05. The molecule has 4 heteroatoms. The fourth-order valence-electron chi connectivity index (χ4n) is 1.83. The van der Waals surface area contributed by atoms with Crippen LogP contribution >= 0.6 is 15.9 Å². The summed E-state index contributed by atoms with van der Waals surface area (Å²) in [6.07, 6.45) is 0.917. The van der Waals surface area contributed by atoms with Gasteiger partial charge in [0.25, 0.3) is 0 Å². The van der Waals surface area contributed by atoms with Crippen LogP contribution in [0, 0.1) is 0 Å². The lowest BCUT2D eigenvalue weighted by Gasteiger charge is -2.23. The van der Waals surface area contributed by atoms with Crippen molar-refractivity contribution in [2.24, 2.45) is 5.73 Å². The van der Waals surface area contributed by atoms with Gasteiger partial charge in [-0.3, -0.25) is 0 Å². The van der Waals surface area contributed by atoms with Crippen LogP contribution in [0.25, 0.3) is 0 Å². The van der Waals surface area contributed by atoms with Gasteiger partial charge in [-0.2, -0.15) is 0 Å². The minimum Gasteiger partial charge on any atom is -0.372 e. The molecule has 0 radical (unpaired) electrons. The molecule has 0 aliphatic rings. The Morgan fingerprint density at radius 2 is 1.89 bits per heavy atom. The van der Waals surface area contributed by atoms with Gasteiger partial charge in [-0.15, -0.1) is 0 Å². The lowest BCUT2D eigenvalue weighted by Crippen LogP contribution is -2.28. The molecule has 3 nitrogen and oxygen atoms in total. The van der Waals surface area contributed by atoms with Gasteiger partial charge < -0.3 is 15.5 Å². The van der Waals surface area contributed by atoms with Crippen molar-refractivity contribution in [3.8, 4) is 0 Å². The summed E-state index contributed by atoms with van der Waals surface area (Å²) in [5, 5.41) is 0. The average molecular weight is 314 g/mol. The number of anilines is 1. The zero-order valence-corrected chi connectivity index (χ0v) is 13.4. The molecule has 0 fully saturated rings. The third-order valence-corrected chi connectivity index (χ3v) is 3.50. The maximum Gasteiger partial charge on any atom is 0.0508 e. The molecule has 1 atom stereocenters. The van der Waals surface area contributed by atoms with Crippen LogP contribution in [0.4, 0.5) is 5.69 Å². The van der Waals surface area contributed by atoms with Crippen LogP contribution in [0.1, 0.15) is 12.5 Å². The molecule has 0 saturated heterocycles. The van der Waals surface area contributed by atoms with Crippen LogP contribution in [0.2, 0.25) is 0 Å². The number of hydrogen-bond donors (Lipinski definition) is 1. The first-order chi connectivity index (χ1) is 8.40.